The van der Waals surface area contributed by atoms with Gasteiger partial charge in [0.25, 0.3) is 0 Å². The molecule has 13 heavy (non-hydrogen) atoms. The van der Waals surface area contributed by atoms with Gasteiger partial charge in [0.1, 0.15) is 0 Å². The van der Waals surface area contributed by atoms with Crippen LogP contribution in [-0.2, 0) is 0 Å². The molecule has 0 saturated carbocycles. The zero-order chi connectivity index (χ0) is 10.5. The summed E-state index contributed by atoms with van der Waals surface area (Å²) in [6, 6.07) is 0. The Bertz CT molecular complexity index is 111. The summed E-state index contributed by atoms with van der Waals surface area (Å²) in [4.78, 5) is 0. The second-order valence-electron chi connectivity index (χ2n) is 6.03. The van der Waals surface area contributed by atoms with E-state index in [2.05, 4.69) is 39.2 Å². The molecule has 0 atom stereocenters. The van der Waals surface area contributed by atoms with Gasteiger partial charge in [-0.2, -0.15) is 0 Å². The third-order valence-corrected chi connectivity index (χ3v) is 9.69. The molecule has 0 spiro atoms. The average molecular weight is 245 g/mol. The molecule has 0 aromatic rings. The third kappa shape index (κ3) is 8.86. The maximum atomic E-state index is 2.60. The molecule has 0 bridgehead atoms. The Morgan fingerprint density at radius 1 is 0.769 bits per heavy atom. The van der Waals surface area contributed by atoms with E-state index < -0.39 is 13.3 Å². The number of rotatable bonds is 6. The van der Waals surface area contributed by atoms with Crippen molar-refractivity contribution < 1.29 is 0 Å². The molecule has 0 N–H and O–H groups in total. The zero-order valence-electron chi connectivity index (χ0n) is 10.5. The molecule has 0 nitrogen and oxygen atoms in total. The van der Waals surface area contributed by atoms with Gasteiger partial charge in [0.15, 0.2) is 0 Å². The fraction of sp³-hybridized carbons (Fsp3) is 1.00. The molecule has 0 heterocycles. The van der Waals surface area contributed by atoms with E-state index in [1.165, 1.54) is 12.8 Å². The van der Waals surface area contributed by atoms with E-state index in [4.69, 9.17) is 0 Å². The van der Waals surface area contributed by atoms with Crippen LogP contribution >= 0.6 is 0 Å². The molecule has 0 saturated heterocycles. The van der Waals surface area contributed by atoms with Crippen LogP contribution in [0.15, 0.2) is 0 Å². The van der Waals surface area contributed by atoms with E-state index in [1.807, 2.05) is 0 Å². The quantitative estimate of drug-likeness (QED) is 0.590. The first-order valence-electron chi connectivity index (χ1n) is 5.83. The summed E-state index contributed by atoms with van der Waals surface area (Å²) >= 11 is -1.32. The molecule has 0 aliphatic carbocycles. The molecular formula is C12H28Ge. The topological polar surface area (TPSA) is 0 Å². The Kier molecular flexibility index (Phi) is 6.36. The van der Waals surface area contributed by atoms with Gasteiger partial charge in [-0.3, -0.25) is 0 Å². The molecule has 0 aliphatic heterocycles. The Labute approximate surface area is 87.9 Å². The van der Waals surface area contributed by atoms with Crippen molar-refractivity contribution in [2.45, 2.75) is 62.6 Å². The van der Waals surface area contributed by atoms with Crippen LogP contribution in [0.3, 0.4) is 0 Å². The molecule has 80 valence electrons. The van der Waals surface area contributed by atoms with Crippen LogP contribution in [0.2, 0.25) is 22.0 Å². The van der Waals surface area contributed by atoms with Crippen LogP contribution in [-0.4, -0.2) is 13.3 Å². The maximum absolute atomic E-state index is 2.60. The predicted octanol–water partition coefficient (Wildman–Crippen LogP) is 4.79. The Morgan fingerprint density at radius 3 is 1.31 bits per heavy atom. The Morgan fingerprint density at radius 2 is 1.08 bits per heavy atom. The van der Waals surface area contributed by atoms with Crippen LogP contribution in [0.4, 0.5) is 0 Å². The van der Waals surface area contributed by atoms with E-state index in [0.717, 1.165) is 11.8 Å². The van der Waals surface area contributed by atoms with Gasteiger partial charge in [-0.05, 0) is 0 Å². The molecule has 0 rings (SSSR count). The van der Waals surface area contributed by atoms with Crippen molar-refractivity contribution in [1.82, 2.24) is 0 Å². The van der Waals surface area contributed by atoms with E-state index in [1.54, 1.807) is 10.5 Å². The van der Waals surface area contributed by atoms with Gasteiger partial charge in [0.2, 0.25) is 0 Å². The summed E-state index contributed by atoms with van der Waals surface area (Å²) in [5.41, 5.74) is 0. The van der Waals surface area contributed by atoms with Crippen molar-refractivity contribution in [3.63, 3.8) is 0 Å². The summed E-state index contributed by atoms with van der Waals surface area (Å²) < 4.78 is 0. The Balaban J connectivity index is 3.66. The fourth-order valence-corrected chi connectivity index (χ4v) is 7.71. The van der Waals surface area contributed by atoms with Crippen LogP contribution in [0.1, 0.15) is 40.5 Å². The molecular weight excluding hydrogens is 217 g/mol. The van der Waals surface area contributed by atoms with Gasteiger partial charge < -0.3 is 0 Å². The molecule has 1 heteroatoms. The van der Waals surface area contributed by atoms with Crippen molar-refractivity contribution in [1.29, 1.82) is 0 Å². The minimum atomic E-state index is -1.32. The van der Waals surface area contributed by atoms with E-state index in [-0.39, 0.29) is 0 Å². The predicted molar refractivity (Wildman–Crippen MR) is 66.0 cm³/mol. The van der Waals surface area contributed by atoms with Crippen molar-refractivity contribution in [3.05, 3.63) is 0 Å². The summed E-state index contributed by atoms with van der Waals surface area (Å²) in [5, 5.41) is 3.15. The van der Waals surface area contributed by atoms with Crippen LogP contribution in [0.5, 0.6) is 0 Å². The average Bonchev–Trinajstić information content (AvgIpc) is 1.98. The molecule has 0 unspecified atom stereocenters. The summed E-state index contributed by atoms with van der Waals surface area (Å²) in [7, 11) is 0. The zero-order valence-corrected chi connectivity index (χ0v) is 12.6. The van der Waals surface area contributed by atoms with Gasteiger partial charge in [-0.25, -0.2) is 0 Å². The van der Waals surface area contributed by atoms with Crippen molar-refractivity contribution in [3.8, 4) is 0 Å². The molecule has 0 amide bonds. The second kappa shape index (κ2) is 6.11. The first kappa shape index (κ1) is 13.5. The van der Waals surface area contributed by atoms with E-state index in [9.17, 15) is 0 Å². The summed E-state index contributed by atoms with van der Waals surface area (Å²) in [6.07, 6.45) is 2.93. The Hall–Kier alpha value is 0.543. The van der Waals surface area contributed by atoms with Crippen molar-refractivity contribution in [2.75, 3.05) is 0 Å². The van der Waals surface area contributed by atoms with E-state index in [0.29, 0.717) is 0 Å². The second-order valence-corrected chi connectivity index (χ2v) is 17.2. The van der Waals surface area contributed by atoms with Crippen LogP contribution < -0.4 is 0 Å². The van der Waals surface area contributed by atoms with Crippen LogP contribution in [0, 0.1) is 11.8 Å². The SMILES string of the molecule is CC(C)C[CH2][Ge]([CH3])([CH3])[CH2]CC(C)C. The molecule has 0 aromatic carbocycles. The monoisotopic (exact) mass is 246 g/mol. The van der Waals surface area contributed by atoms with Crippen LogP contribution in [0.25, 0.3) is 0 Å². The van der Waals surface area contributed by atoms with Crippen molar-refractivity contribution in [2.24, 2.45) is 11.8 Å². The molecule has 0 aromatic heterocycles. The van der Waals surface area contributed by atoms with Gasteiger partial charge in [-0.15, -0.1) is 0 Å². The fourth-order valence-electron chi connectivity index (χ4n) is 1.48. The van der Waals surface area contributed by atoms with Gasteiger partial charge in [0, 0.05) is 0 Å². The molecule has 0 radical (unpaired) electrons. The van der Waals surface area contributed by atoms with Crippen molar-refractivity contribution >= 4 is 13.3 Å². The number of hydrogen-bond acceptors (Lipinski definition) is 0. The van der Waals surface area contributed by atoms with Gasteiger partial charge >= 0.3 is 87.7 Å². The summed E-state index contributed by atoms with van der Waals surface area (Å²) in [6.45, 7) is 9.39. The number of hydrogen-bond donors (Lipinski definition) is 0. The van der Waals surface area contributed by atoms with E-state index >= 15 is 0 Å². The standard InChI is InChI=1S/C12H28Ge/c1-11(2)7-9-13(5,6)10-8-12(3)4/h11-12H,7-10H2,1-6H3. The normalized spacial score (nSPS) is 12.9. The van der Waals surface area contributed by atoms with Gasteiger partial charge in [0.05, 0.1) is 0 Å². The molecule has 0 aliphatic rings. The molecule has 0 fully saturated rings. The van der Waals surface area contributed by atoms with Gasteiger partial charge in [-0.1, -0.05) is 0 Å². The minimum absolute atomic E-state index is 0.906. The first-order chi connectivity index (χ1) is 5.83. The summed E-state index contributed by atoms with van der Waals surface area (Å²) in [5.74, 6) is 7.02. The first-order valence-corrected chi connectivity index (χ1v) is 13.0. The third-order valence-electron chi connectivity index (χ3n) is 2.80.